The number of nitrogens with one attached hydrogen (secondary N) is 3. The summed E-state index contributed by atoms with van der Waals surface area (Å²) in [5, 5.41) is 13.0. The number of aromatic nitrogens is 2. The van der Waals surface area contributed by atoms with E-state index in [-0.39, 0.29) is 46.9 Å². The van der Waals surface area contributed by atoms with E-state index < -0.39 is 17.7 Å². The molecular formula is C26H28F4N6O2S. The summed E-state index contributed by atoms with van der Waals surface area (Å²) >= 11 is -0.290. The molecule has 39 heavy (non-hydrogen) atoms. The van der Waals surface area contributed by atoms with Crippen molar-refractivity contribution >= 4 is 34.7 Å². The minimum atomic E-state index is -4.56. The van der Waals surface area contributed by atoms with Gasteiger partial charge in [0.1, 0.15) is 23.4 Å². The van der Waals surface area contributed by atoms with Gasteiger partial charge in [0.15, 0.2) is 0 Å². The molecular weight excluding hydrogens is 536 g/mol. The maximum atomic E-state index is 14.6. The third-order valence-corrected chi connectivity index (χ3v) is 6.97. The number of likely N-dealkylation sites (tertiary alicyclic amines) is 1. The predicted octanol–water partition coefficient (Wildman–Crippen LogP) is 4.23. The Bertz CT molecular complexity index is 1400. The Kier molecular flexibility index (Phi) is 8.76. The van der Waals surface area contributed by atoms with E-state index in [1.54, 1.807) is 30.3 Å². The number of piperidine rings is 1. The smallest absolute Gasteiger partial charge is 0.446 e. The second-order valence-electron chi connectivity index (χ2n) is 8.94. The molecule has 3 aromatic rings. The molecule has 8 nitrogen and oxygen atoms in total. The number of carbonyl (C=O) groups is 1. The van der Waals surface area contributed by atoms with Crippen LogP contribution in [-0.2, 0) is 0 Å². The van der Waals surface area contributed by atoms with Crippen molar-refractivity contribution in [2.45, 2.75) is 29.0 Å². The summed E-state index contributed by atoms with van der Waals surface area (Å²) in [6.07, 6.45) is -0.589. The number of carbonyl (C=O) groups excluding carboxylic acids is 1. The summed E-state index contributed by atoms with van der Waals surface area (Å²) in [5.41, 5.74) is -3.48. The number of fused-ring (bicyclic) bond motifs is 1. The first-order valence-corrected chi connectivity index (χ1v) is 12.9. The maximum Gasteiger partial charge on any atom is 0.446 e. The molecule has 0 saturated carbocycles. The largest absolute Gasteiger partial charge is 0.497 e. The average molecular weight is 565 g/mol. The van der Waals surface area contributed by atoms with E-state index in [1.807, 2.05) is 11.9 Å². The van der Waals surface area contributed by atoms with Gasteiger partial charge in [0.05, 0.1) is 30.1 Å². The number of benzene rings is 1. The lowest BCUT2D eigenvalue weighted by Crippen LogP contribution is -2.46. The molecule has 0 radical (unpaired) electrons. The number of methoxy groups -OCH3 is 1. The molecule has 0 aliphatic carbocycles. The van der Waals surface area contributed by atoms with Gasteiger partial charge >= 0.3 is 5.51 Å². The molecule has 1 aromatic carbocycles. The number of hydrogen-bond acceptors (Lipinski definition) is 7. The number of rotatable bonds is 7. The molecule has 1 saturated heterocycles. The van der Waals surface area contributed by atoms with Crippen LogP contribution in [0.25, 0.3) is 5.52 Å². The first-order valence-electron chi connectivity index (χ1n) is 12.1. The molecule has 1 amide bonds. The van der Waals surface area contributed by atoms with Gasteiger partial charge in [-0.05, 0) is 55.4 Å². The molecule has 3 N–H and O–H groups in total. The van der Waals surface area contributed by atoms with Crippen molar-refractivity contribution in [3.63, 3.8) is 0 Å². The van der Waals surface area contributed by atoms with Crippen molar-refractivity contribution < 1.29 is 27.1 Å². The second-order valence-corrected chi connectivity index (χ2v) is 10.0. The fourth-order valence-corrected chi connectivity index (χ4v) is 4.91. The fraction of sp³-hybridized carbons (Fsp3) is 0.385. The summed E-state index contributed by atoms with van der Waals surface area (Å²) in [6.45, 7) is 1.03. The van der Waals surface area contributed by atoms with E-state index in [2.05, 4.69) is 32.9 Å². The average Bonchev–Trinajstić information content (AvgIpc) is 3.24. The van der Waals surface area contributed by atoms with Gasteiger partial charge in [-0.2, -0.15) is 18.3 Å². The monoisotopic (exact) mass is 564 g/mol. The van der Waals surface area contributed by atoms with Gasteiger partial charge in [-0.3, -0.25) is 4.79 Å². The zero-order valence-electron chi connectivity index (χ0n) is 21.5. The highest BCUT2D eigenvalue weighted by Gasteiger charge is 2.33. The van der Waals surface area contributed by atoms with E-state index >= 15 is 0 Å². The van der Waals surface area contributed by atoms with E-state index in [4.69, 9.17) is 4.74 Å². The number of nitrogens with zero attached hydrogens (tertiary/aromatic N) is 3. The molecule has 0 bridgehead atoms. The summed E-state index contributed by atoms with van der Waals surface area (Å²) in [7, 11) is 4.82. The molecule has 3 heterocycles. The van der Waals surface area contributed by atoms with E-state index in [0.717, 1.165) is 0 Å². The standard InChI is InChI=1S/C26H28F4N6O2S/c1-31-25(37)16-12-17(14-18(13-16)38-3)32-10-5-6-21-24(39-26(28,29)30)22-7-4-8-23(36(22)34-21)33-20-9-11-35(2)15-19(20)27/h4,7-8,12-14,19-20,32-33H,9-11,15H2,1-3H3,(H,31,37)/t19-,20+/m0/s1. The Hall–Kier alpha value is -3.63. The van der Waals surface area contributed by atoms with Crippen LogP contribution in [0.4, 0.5) is 29.1 Å². The summed E-state index contributed by atoms with van der Waals surface area (Å²) in [6, 6.07) is 9.15. The molecule has 0 spiro atoms. The highest BCUT2D eigenvalue weighted by Crippen LogP contribution is 2.41. The number of hydrogen-bond donors (Lipinski definition) is 3. The van der Waals surface area contributed by atoms with Gasteiger partial charge < -0.3 is 25.6 Å². The third-order valence-electron chi connectivity index (χ3n) is 6.13. The number of pyridine rings is 1. The van der Waals surface area contributed by atoms with Crippen LogP contribution >= 0.6 is 11.8 Å². The van der Waals surface area contributed by atoms with Gasteiger partial charge in [0.2, 0.25) is 0 Å². The number of thioether (sulfide) groups is 1. The van der Waals surface area contributed by atoms with Gasteiger partial charge in [-0.1, -0.05) is 12.0 Å². The highest BCUT2D eigenvalue weighted by molar-refractivity contribution is 8.00. The number of ether oxygens (including phenoxy) is 1. The molecule has 1 aliphatic heterocycles. The molecule has 4 rings (SSSR count). The van der Waals surface area contributed by atoms with E-state index in [0.29, 0.717) is 35.8 Å². The van der Waals surface area contributed by atoms with E-state index in [9.17, 15) is 22.4 Å². The molecule has 13 heteroatoms. The van der Waals surface area contributed by atoms with Crippen molar-refractivity contribution in [3.05, 3.63) is 47.7 Å². The van der Waals surface area contributed by atoms with Gasteiger partial charge in [0, 0.05) is 37.5 Å². The molecule has 1 aliphatic rings. The van der Waals surface area contributed by atoms with Gasteiger partial charge in [0.25, 0.3) is 5.91 Å². The maximum absolute atomic E-state index is 14.6. The van der Waals surface area contributed by atoms with Crippen LogP contribution in [-0.4, -0.2) is 79.0 Å². The number of alkyl halides is 4. The van der Waals surface area contributed by atoms with Gasteiger partial charge in [-0.15, -0.1) is 0 Å². The molecule has 2 atom stereocenters. The first kappa shape index (κ1) is 28.4. The van der Waals surface area contributed by atoms with Crippen molar-refractivity contribution in [2.24, 2.45) is 0 Å². The Morgan fingerprint density at radius 1 is 1.28 bits per heavy atom. The van der Waals surface area contributed by atoms with Crippen LogP contribution < -0.4 is 20.7 Å². The summed E-state index contributed by atoms with van der Waals surface area (Å²) < 4.78 is 61.6. The molecule has 0 unspecified atom stereocenters. The van der Waals surface area contributed by atoms with Crippen molar-refractivity contribution in [1.82, 2.24) is 19.8 Å². The number of amides is 1. The Morgan fingerprint density at radius 2 is 2.08 bits per heavy atom. The minimum Gasteiger partial charge on any atom is -0.497 e. The third kappa shape index (κ3) is 7.07. The van der Waals surface area contributed by atoms with Crippen LogP contribution in [0.3, 0.4) is 0 Å². The normalized spacial score (nSPS) is 17.8. The van der Waals surface area contributed by atoms with Crippen LogP contribution in [0.5, 0.6) is 5.75 Å². The molecule has 2 aromatic heterocycles. The fourth-order valence-electron chi connectivity index (χ4n) is 4.23. The topological polar surface area (TPSA) is 82.9 Å². The predicted molar refractivity (Wildman–Crippen MR) is 143 cm³/mol. The number of halogens is 4. The molecule has 208 valence electrons. The lowest BCUT2D eigenvalue weighted by Gasteiger charge is -2.33. The first-order chi connectivity index (χ1) is 18.6. The Morgan fingerprint density at radius 3 is 2.77 bits per heavy atom. The number of anilines is 2. The summed E-state index contributed by atoms with van der Waals surface area (Å²) in [4.78, 5) is 13.8. The van der Waals surface area contributed by atoms with Crippen LogP contribution in [0.2, 0.25) is 0 Å². The zero-order valence-corrected chi connectivity index (χ0v) is 22.3. The quantitative estimate of drug-likeness (QED) is 0.225. The minimum absolute atomic E-state index is 0.0507. The lowest BCUT2D eigenvalue weighted by molar-refractivity contribution is -0.0327. The SMILES string of the molecule is CNC(=O)c1cc(NCC#Cc2nn3c(N[C@@H]4CCN(C)C[C@@H]4F)cccc3c2SC(F)(F)F)cc(OC)c1. The van der Waals surface area contributed by atoms with Crippen molar-refractivity contribution in [3.8, 4) is 17.6 Å². The van der Waals surface area contributed by atoms with Gasteiger partial charge in [-0.25, -0.2) is 8.91 Å². The summed E-state index contributed by atoms with van der Waals surface area (Å²) in [5.74, 6) is 6.08. The highest BCUT2D eigenvalue weighted by atomic mass is 32.2. The Balaban J connectivity index is 1.60. The lowest BCUT2D eigenvalue weighted by atomic mass is 10.0. The van der Waals surface area contributed by atoms with E-state index in [1.165, 1.54) is 24.7 Å². The second kappa shape index (κ2) is 12.0. The Labute approximate surface area is 227 Å². The van der Waals surface area contributed by atoms with Crippen molar-refractivity contribution in [1.29, 1.82) is 0 Å². The van der Waals surface area contributed by atoms with Crippen molar-refractivity contribution in [2.75, 3.05) is 51.5 Å². The van der Waals surface area contributed by atoms with Crippen LogP contribution in [0, 0.1) is 11.8 Å². The van der Waals surface area contributed by atoms with Crippen LogP contribution in [0.1, 0.15) is 22.5 Å². The van der Waals surface area contributed by atoms with Crippen LogP contribution in [0.15, 0.2) is 41.3 Å². The molecule has 1 fully saturated rings. The zero-order chi connectivity index (χ0) is 28.2.